The molecule has 4 rings (SSSR count). The van der Waals surface area contributed by atoms with Gasteiger partial charge in [0.15, 0.2) is 6.61 Å². The van der Waals surface area contributed by atoms with Crippen LogP contribution in [-0.2, 0) is 11.2 Å². The lowest BCUT2D eigenvalue weighted by atomic mass is 9.87. The van der Waals surface area contributed by atoms with Crippen LogP contribution in [0.2, 0.25) is 10.0 Å². The number of nitrogens with one attached hydrogen (secondary N) is 2. The number of ether oxygens (including phenoxy) is 2. The summed E-state index contributed by atoms with van der Waals surface area (Å²) in [4.78, 5) is 21.3. The average molecular weight is 515 g/mol. The first-order valence-corrected chi connectivity index (χ1v) is 12.3. The van der Waals surface area contributed by atoms with Crippen molar-refractivity contribution in [2.75, 3.05) is 26.8 Å². The first kappa shape index (κ1) is 25.2. The Morgan fingerprint density at radius 3 is 2.69 bits per heavy atom. The van der Waals surface area contributed by atoms with Gasteiger partial charge in [0.05, 0.1) is 17.2 Å². The molecule has 0 aliphatic carbocycles. The number of halogens is 2. The molecule has 2 aromatic carbocycles. The predicted octanol–water partition coefficient (Wildman–Crippen LogP) is 4.56. The van der Waals surface area contributed by atoms with Gasteiger partial charge in [-0.1, -0.05) is 41.4 Å². The van der Waals surface area contributed by atoms with Crippen molar-refractivity contribution in [2.45, 2.75) is 25.3 Å². The highest BCUT2D eigenvalue weighted by molar-refractivity contribution is 6.42. The van der Waals surface area contributed by atoms with E-state index in [2.05, 4.69) is 20.6 Å². The van der Waals surface area contributed by atoms with Gasteiger partial charge in [0, 0.05) is 24.0 Å². The number of carbonyl (C=O) groups is 1. The van der Waals surface area contributed by atoms with Crippen LogP contribution in [-0.4, -0.2) is 48.7 Å². The van der Waals surface area contributed by atoms with E-state index < -0.39 is 0 Å². The van der Waals surface area contributed by atoms with E-state index in [0.717, 1.165) is 48.4 Å². The topological polar surface area (TPSA) is 85.4 Å². The quantitative estimate of drug-likeness (QED) is 0.435. The van der Waals surface area contributed by atoms with Gasteiger partial charge in [-0.15, -0.1) is 0 Å². The fraction of sp³-hybridized carbons (Fsp3) is 0.346. The molecule has 3 aromatic rings. The molecule has 0 saturated carbocycles. The Hall–Kier alpha value is -2.87. The Labute approximate surface area is 215 Å². The van der Waals surface area contributed by atoms with Crippen molar-refractivity contribution in [1.82, 2.24) is 20.6 Å². The van der Waals surface area contributed by atoms with Gasteiger partial charge < -0.3 is 20.1 Å². The van der Waals surface area contributed by atoms with E-state index in [-0.39, 0.29) is 24.6 Å². The van der Waals surface area contributed by atoms with Crippen molar-refractivity contribution in [1.29, 1.82) is 0 Å². The number of aromatic nitrogens is 2. The van der Waals surface area contributed by atoms with Crippen LogP contribution in [0.25, 0.3) is 11.1 Å². The van der Waals surface area contributed by atoms with Crippen molar-refractivity contribution in [3.63, 3.8) is 0 Å². The summed E-state index contributed by atoms with van der Waals surface area (Å²) in [5, 5.41) is 7.58. The molecule has 1 amide bonds. The molecular weight excluding hydrogens is 487 g/mol. The number of rotatable bonds is 9. The Morgan fingerprint density at radius 2 is 1.97 bits per heavy atom. The van der Waals surface area contributed by atoms with E-state index in [1.165, 1.54) is 0 Å². The lowest BCUT2D eigenvalue weighted by Crippen LogP contribution is -2.48. The largest absolute Gasteiger partial charge is 0.497 e. The third kappa shape index (κ3) is 7.07. The summed E-state index contributed by atoms with van der Waals surface area (Å²) < 4.78 is 10.8. The number of methoxy groups -OCH3 is 1. The third-order valence-corrected chi connectivity index (χ3v) is 6.79. The maximum Gasteiger partial charge on any atom is 0.316 e. The lowest BCUT2D eigenvalue weighted by Gasteiger charge is -2.31. The van der Waals surface area contributed by atoms with Crippen molar-refractivity contribution >= 4 is 29.1 Å². The molecule has 35 heavy (non-hydrogen) atoms. The molecule has 1 aliphatic rings. The summed E-state index contributed by atoms with van der Waals surface area (Å²) >= 11 is 12.3. The Balaban J connectivity index is 1.36. The highest BCUT2D eigenvalue weighted by Gasteiger charge is 2.26. The van der Waals surface area contributed by atoms with Gasteiger partial charge in [-0.05, 0) is 73.7 Å². The third-order valence-electron chi connectivity index (χ3n) is 6.05. The molecule has 2 N–H and O–H groups in total. The molecule has 2 unspecified atom stereocenters. The van der Waals surface area contributed by atoms with Crippen LogP contribution >= 0.6 is 23.2 Å². The molecule has 0 radical (unpaired) electrons. The van der Waals surface area contributed by atoms with Gasteiger partial charge in [0.2, 0.25) is 0 Å². The minimum Gasteiger partial charge on any atom is -0.497 e. The number of benzene rings is 2. The van der Waals surface area contributed by atoms with E-state index >= 15 is 0 Å². The molecule has 1 saturated heterocycles. The number of nitrogens with zero attached hydrogens (tertiary/aromatic N) is 2. The monoisotopic (exact) mass is 514 g/mol. The molecule has 2 atom stereocenters. The highest BCUT2D eigenvalue weighted by Crippen LogP contribution is 2.26. The van der Waals surface area contributed by atoms with Gasteiger partial charge in [-0.25, -0.2) is 9.97 Å². The standard InChI is InChI=1S/C26H28Cl2N4O3/c1-34-21-6-2-4-18(12-21)20-14-30-26(31-15-20)35-16-25(33)32-24(19-5-3-9-29-13-19)11-17-7-8-22(27)23(28)10-17/h2,4,6-8,10,12,14-15,19,24,29H,3,5,9,11,13,16H2,1H3,(H,32,33). The molecule has 7 nitrogen and oxygen atoms in total. The Kier molecular flexibility index (Phi) is 8.79. The number of hydrogen-bond donors (Lipinski definition) is 2. The second-order valence-corrected chi connectivity index (χ2v) is 9.32. The first-order chi connectivity index (χ1) is 17.0. The molecule has 9 heteroatoms. The van der Waals surface area contributed by atoms with Crippen molar-refractivity contribution in [3.8, 4) is 22.9 Å². The van der Waals surface area contributed by atoms with Gasteiger partial charge in [0.25, 0.3) is 5.91 Å². The Morgan fingerprint density at radius 1 is 1.14 bits per heavy atom. The van der Waals surface area contributed by atoms with Gasteiger partial charge in [-0.2, -0.15) is 0 Å². The summed E-state index contributed by atoms with van der Waals surface area (Å²) in [5.41, 5.74) is 2.78. The van der Waals surface area contributed by atoms with Crippen LogP contribution in [0.15, 0.2) is 54.9 Å². The van der Waals surface area contributed by atoms with Crippen LogP contribution in [0.4, 0.5) is 0 Å². The summed E-state index contributed by atoms with van der Waals surface area (Å²) in [6, 6.07) is 13.3. The Bertz CT molecular complexity index is 1140. The SMILES string of the molecule is COc1cccc(-c2cnc(OCC(=O)NC(Cc3ccc(Cl)c(Cl)c3)C3CCCNC3)nc2)c1. The number of amides is 1. The summed E-state index contributed by atoms with van der Waals surface area (Å²) in [5.74, 6) is 0.838. The van der Waals surface area contributed by atoms with Crippen LogP contribution in [0.3, 0.4) is 0 Å². The lowest BCUT2D eigenvalue weighted by molar-refractivity contribution is -0.124. The first-order valence-electron chi connectivity index (χ1n) is 11.5. The zero-order valence-corrected chi connectivity index (χ0v) is 21.0. The van der Waals surface area contributed by atoms with Crippen LogP contribution in [0, 0.1) is 5.92 Å². The molecular formula is C26H28Cl2N4O3. The molecule has 184 valence electrons. The van der Waals surface area contributed by atoms with Crippen LogP contribution < -0.4 is 20.1 Å². The van der Waals surface area contributed by atoms with Crippen LogP contribution in [0.1, 0.15) is 18.4 Å². The zero-order chi connectivity index (χ0) is 24.6. The fourth-order valence-electron chi connectivity index (χ4n) is 4.20. The van der Waals surface area contributed by atoms with E-state index in [9.17, 15) is 4.79 Å². The smallest absolute Gasteiger partial charge is 0.316 e. The fourth-order valence-corrected chi connectivity index (χ4v) is 4.52. The molecule has 2 heterocycles. The summed E-state index contributed by atoms with van der Waals surface area (Å²) in [6.07, 6.45) is 6.09. The minimum absolute atomic E-state index is 0.0625. The molecule has 1 aromatic heterocycles. The molecule has 1 aliphatic heterocycles. The average Bonchev–Trinajstić information content (AvgIpc) is 2.90. The highest BCUT2D eigenvalue weighted by atomic mass is 35.5. The molecule has 0 spiro atoms. The van der Waals surface area contributed by atoms with E-state index in [4.69, 9.17) is 32.7 Å². The minimum atomic E-state index is -0.221. The number of piperidine rings is 1. The van der Waals surface area contributed by atoms with Gasteiger partial charge >= 0.3 is 6.01 Å². The number of hydrogen-bond acceptors (Lipinski definition) is 6. The van der Waals surface area contributed by atoms with Crippen LogP contribution in [0.5, 0.6) is 11.8 Å². The molecule has 0 bridgehead atoms. The van der Waals surface area contributed by atoms with Gasteiger partial charge in [0.1, 0.15) is 5.75 Å². The van der Waals surface area contributed by atoms with E-state index in [1.807, 2.05) is 36.4 Å². The second kappa shape index (κ2) is 12.2. The maximum absolute atomic E-state index is 12.8. The maximum atomic E-state index is 12.8. The van der Waals surface area contributed by atoms with E-state index in [0.29, 0.717) is 22.4 Å². The van der Waals surface area contributed by atoms with E-state index in [1.54, 1.807) is 25.6 Å². The number of carbonyl (C=O) groups excluding carboxylic acids is 1. The molecule has 1 fully saturated rings. The van der Waals surface area contributed by atoms with Gasteiger partial charge in [-0.3, -0.25) is 4.79 Å². The van der Waals surface area contributed by atoms with Crippen molar-refractivity contribution < 1.29 is 14.3 Å². The predicted molar refractivity (Wildman–Crippen MR) is 137 cm³/mol. The summed E-state index contributed by atoms with van der Waals surface area (Å²) in [6.45, 7) is 1.68. The van der Waals surface area contributed by atoms with Crippen molar-refractivity contribution in [2.24, 2.45) is 5.92 Å². The second-order valence-electron chi connectivity index (χ2n) is 8.51. The normalized spacial score (nSPS) is 16.4. The zero-order valence-electron chi connectivity index (χ0n) is 19.5. The van der Waals surface area contributed by atoms with Crippen molar-refractivity contribution in [3.05, 3.63) is 70.5 Å². The summed E-state index contributed by atoms with van der Waals surface area (Å²) in [7, 11) is 1.62.